The van der Waals surface area contributed by atoms with Crippen molar-refractivity contribution in [1.82, 2.24) is 14.5 Å². The van der Waals surface area contributed by atoms with E-state index in [2.05, 4.69) is 4.98 Å². The van der Waals surface area contributed by atoms with Crippen molar-refractivity contribution < 1.29 is 4.79 Å². The SMILES string of the molecule is CN(C)C(=O)CCn1ccnc(Cl)c1=O. The van der Waals surface area contributed by atoms with E-state index >= 15 is 0 Å². The maximum Gasteiger partial charge on any atom is 0.288 e. The van der Waals surface area contributed by atoms with Crippen LogP contribution in [0.2, 0.25) is 5.15 Å². The van der Waals surface area contributed by atoms with Crippen molar-refractivity contribution in [1.29, 1.82) is 0 Å². The minimum absolute atomic E-state index is 0.0326. The molecule has 1 aromatic heterocycles. The first kappa shape index (κ1) is 11.7. The Labute approximate surface area is 92.3 Å². The molecule has 0 atom stereocenters. The van der Waals surface area contributed by atoms with Gasteiger partial charge in [-0.15, -0.1) is 0 Å². The second-order valence-electron chi connectivity index (χ2n) is 3.25. The maximum absolute atomic E-state index is 11.4. The zero-order valence-electron chi connectivity index (χ0n) is 8.61. The van der Waals surface area contributed by atoms with Crippen LogP contribution in [-0.2, 0) is 11.3 Å². The highest BCUT2D eigenvalue weighted by Gasteiger charge is 2.06. The van der Waals surface area contributed by atoms with Crippen molar-refractivity contribution in [3.8, 4) is 0 Å². The summed E-state index contributed by atoms with van der Waals surface area (Å²) in [5, 5.41) is -0.0743. The van der Waals surface area contributed by atoms with E-state index in [0.717, 1.165) is 0 Å². The van der Waals surface area contributed by atoms with Gasteiger partial charge in [0.25, 0.3) is 5.56 Å². The molecule has 0 aliphatic heterocycles. The van der Waals surface area contributed by atoms with Gasteiger partial charge in [-0.05, 0) is 0 Å². The van der Waals surface area contributed by atoms with E-state index in [-0.39, 0.29) is 23.0 Å². The first-order chi connectivity index (χ1) is 7.02. The molecule has 0 aliphatic carbocycles. The monoisotopic (exact) mass is 229 g/mol. The molecule has 1 aromatic rings. The number of halogens is 1. The molecule has 15 heavy (non-hydrogen) atoms. The molecule has 0 fully saturated rings. The van der Waals surface area contributed by atoms with Crippen LogP contribution in [0.3, 0.4) is 0 Å². The van der Waals surface area contributed by atoms with Crippen LogP contribution >= 0.6 is 11.6 Å². The summed E-state index contributed by atoms with van der Waals surface area (Å²) in [4.78, 5) is 27.8. The minimum Gasteiger partial charge on any atom is -0.349 e. The average molecular weight is 230 g/mol. The molecule has 0 saturated heterocycles. The van der Waals surface area contributed by atoms with Gasteiger partial charge in [0.15, 0.2) is 5.15 Å². The van der Waals surface area contributed by atoms with Crippen LogP contribution in [0.1, 0.15) is 6.42 Å². The number of hydrogen-bond acceptors (Lipinski definition) is 3. The van der Waals surface area contributed by atoms with Gasteiger partial charge in [0, 0.05) is 39.5 Å². The predicted octanol–water partition coefficient (Wildman–Crippen LogP) is 0.375. The lowest BCUT2D eigenvalue weighted by Gasteiger charge is -2.10. The summed E-state index contributed by atoms with van der Waals surface area (Å²) in [5.41, 5.74) is -0.370. The smallest absolute Gasteiger partial charge is 0.288 e. The molecule has 1 rings (SSSR count). The highest BCUT2D eigenvalue weighted by Crippen LogP contribution is 1.96. The van der Waals surface area contributed by atoms with Crippen LogP contribution in [-0.4, -0.2) is 34.5 Å². The van der Waals surface area contributed by atoms with Crippen LogP contribution in [0.4, 0.5) is 0 Å². The Bertz CT molecular complexity index is 414. The van der Waals surface area contributed by atoms with Gasteiger partial charge >= 0.3 is 0 Å². The van der Waals surface area contributed by atoms with Crippen molar-refractivity contribution in [2.45, 2.75) is 13.0 Å². The van der Waals surface area contributed by atoms with Gasteiger partial charge in [-0.25, -0.2) is 4.98 Å². The lowest BCUT2D eigenvalue weighted by Crippen LogP contribution is -2.26. The minimum atomic E-state index is -0.370. The van der Waals surface area contributed by atoms with E-state index < -0.39 is 0 Å². The summed E-state index contributed by atoms with van der Waals surface area (Å²) in [7, 11) is 3.34. The van der Waals surface area contributed by atoms with Crippen molar-refractivity contribution in [3.63, 3.8) is 0 Å². The Morgan fingerprint density at radius 2 is 2.27 bits per heavy atom. The number of carbonyl (C=O) groups is 1. The average Bonchev–Trinajstić information content (AvgIpc) is 2.19. The fourth-order valence-electron chi connectivity index (χ4n) is 1.04. The van der Waals surface area contributed by atoms with Gasteiger partial charge in [0.05, 0.1) is 0 Å². The zero-order valence-corrected chi connectivity index (χ0v) is 9.36. The number of aryl methyl sites for hydroxylation is 1. The Balaban J connectivity index is 2.70. The maximum atomic E-state index is 11.4. The molecular formula is C9H12ClN3O2. The lowest BCUT2D eigenvalue weighted by atomic mass is 10.4. The summed E-state index contributed by atoms with van der Waals surface area (Å²) in [6.45, 7) is 0.318. The van der Waals surface area contributed by atoms with E-state index in [1.54, 1.807) is 14.1 Å². The molecule has 0 spiro atoms. The molecule has 0 saturated carbocycles. The topological polar surface area (TPSA) is 55.2 Å². The summed E-state index contributed by atoms with van der Waals surface area (Å²) in [5.74, 6) is -0.0326. The van der Waals surface area contributed by atoms with Crippen molar-refractivity contribution >= 4 is 17.5 Å². The molecule has 0 bridgehead atoms. The van der Waals surface area contributed by atoms with Crippen molar-refractivity contribution in [3.05, 3.63) is 27.9 Å². The molecule has 0 aliphatic rings. The Morgan fingerprint density at radius 1 is 1.60 bits per heavy atom. The highest BCUT2D eigenvalue weighted by molar-refractivity contribution is 6.29. The highest BCUT2D eigenvalue weighted by atomic mass is 35.5. The van der Waals surface area contributed by atoms with Gasteiger partial charge in [0.2, 0.25) is 5.91 Å². The zero-order chi connectivity index (χ0) is 11.4. The number of rotatable bonds is 3. The number of hydrogen-bond donors (Lipinski definition) is 0. The van der Waals surface area contributed by atoms with Gasteiger partial charge in [-0.1, -0.05) is 11.6 Å². The first-order valence-corrected chi connectivity index (χ1v) is 4.81. The number of aromatic nitrogens is 2. The molecule has 1 amide bonds. The molecule has 0 aromatic carbocycles. The number of nitrogens with zero attached hydrogens (tertiary/aromatic N) is 3. The lowest BCUT2D eigenvalue weighted by molar-refractivity contribution is -0.128. The molecule has 0 N–H and O–H groups in total. The van der Waals surface area contributed by atoms with E-state index in [0.29, 0.717) is 6.54 Å². The third-order valence-electron chi connectivity index (χ3n) is 1.94. The van der Waals surface area contributed by atoms with Gasteiger partial charge in [-0.3, -0.25) is 9.59 Å². The summed E-state index contributed by atoms with van der Waals surface area (Å²) in [6, 6.07) is 0. The molecule has 1 heterocycles. The Kier molecular flexibility index (Phi) is 3.85. The van der Waals surface area contributed by atoms with E-state index in [1.165, 1.54) is 21.9 Å². The molecule has 6 heteroatoms. The van der Waals surface area contributed by atoms with Gasteiger partial charge < -0.3 is 9.47 Å². The van der Waals surface area contributed by atoms with E-state index in [9.17, 15) is 9.59 Å². The normalized spacial score (nSPS) is 10.1. The van der Waals surface area contributed by atoms with Crippen LogP contribution in [0.5, 0.6) is 0 Å². The number of amides is 1. The van der Waals surface area contributed by atoms with E-state index in [4.69, 9.17) is 11.6 Å². The fourth-order valence-corrected chi connectivity index (χ4v) is 1.20. The molecule has 0 radical (unpaired) electrons. The van der Waals surface area contributed by atoms with Gasteiger partial charge in [-0.2, -0.15) is 0 Å². The fraction of sp³-hybridized carbons (Fsp3) is 0.444. The third-order valence-corrected chi connectivity index (χ3v) is 2.20. The van der Waals surface area contributed by atoms with Crippen LogP contribution in [0.15, 0.2) is 17.2 Å². The van der Waals surface area contributed by atoms with Crippen molar-refractivity contribution in [2.24, 2.45) is 0 Å². The molecular weight excluding hydrogens is 218 g/mol. The van der Waals surface area contributed by atoms with Crippen molar-refractivity contribution in [2.75, 3.05) is 14.1 Å². The molecule has 82 valence electrons. The Hall–Kier alpha value is -1.36. The summed E-state index contributed by atoms with van der Waals surface area (Å²) >= 11 is 5.55. The summed E-state index contributed by atoms with van der Waals surface area (Å²) in [6.07, 6.45) is 3.22. The van der Waals surface area contributed by atoms with E-state index in [1.807, 2.05) is 0 Å². The second kappa shape index (κ2) is 4.93. The Morgan fingerprint density at radius 3 is 2.87 bits per heavy atom. The largest absolute Gasteiger partial charge is 0.349 e. The summed E-state index contributed by atoms with van der Waals surface area (Å²) < 4.78 is 1.37. The quantitative estimate of drug-likeness (QED) is 0.753. The van der Waals surface area contributed by atoms with Crippen LogP contribution in [0, 0.1) is 0 Å². The molecule has 5 nitrogen and oxygen atoms in total. The molecule has 0 unspecified atom stereocenters. The van der Waals surface area contributed by atoms with Crippen LogP contribution < -0.4 is 5.56 Å². The third kappa shape index (κ3) is 3.06. The van der Waals surface area contributed by atoms with Crippen LogP contribution in [0.25, 0.3) is 0 Å². The van der Waals surface area contributed by atoms with Gasteiger partial charge in [0.1, 0.15) is 0 Å². The second-order valence-corrected chi connectivity index (χ2v) is 3.61. The standard InChI is InChI=1S/C9H12ClN3O2/c1-12(2)7(14)3-5-13-6-4-11-8(10)9(13)15/h4,6H,3,5H2,1-2H3. The number of carbonyl (C=O) groups excluding carboxylic acids is 1. The first-order valence-electron chi connectivity index (χ1n) is 4.43. The predicted molar refractivity (Wildman–Crippen MR) is 56.8 cm³/mol.